The smallest absolute Gasteiger partial charge is 0.354 e. The van der Waals surface area contributed by atoms with E-state index in [0.29, 0.717) is 12.3 Å². The number of aromatic nitrogens is 1. The lowest BCUT2D eigenvalue weighted by Crippen LogP contribution is -2.04. The van der Waals surface area contributed by atoms with Crippen LogP contribution in [0.15, 0.2) is 39.9 Å². The highest BCUT2D eigenvalue weighted by molar-refractivity contribution is 8.02. The molecule has 22 heavy (non-hydrogen) atoms. The van der Waals surface area contributed by atoms with Gasteiger partial charge in [0.05, 0.1) is 22.0 Å². The third-order valence-corrected chi connectivity index (χ3v) is 4.98. The van der Waals surface area contributed by atoms with Gasteiger partial charge in [0.25, 0.3) is 0 Å². The molecule has 114 valence electrons. The number of aryl methyl sites for hydroxylation is 1. The van der Waals surface area contributed by atoms with E-state index < -0.39 is 0 Å². The van der Waals surface area contributed by atoms with Gasteiger partial charge >= 0.3 is 5.97 Å². The number of anilines is 1. The normalized spacial score (nSPS) is 10.8. The minimum absolute atomic E-state index is 0.326. The molecule has 2 N–H and O–H groups in total. The van der Waals surface area contributed by atoms with E-state index in [1.165, 1.54) is 4.21 Å². The molecule has 0 radical (unpaired) electrons. The number of aromatic amines is 1. The number of ether oxygens (including phenoxy) is 1. The van der Waals surface area contributed by atoms with Gasteiger partial charge in [0.2, 0.25) is 0 Å². The minimum Gasteiger partial charge on any atom is -0.461 e. The summed E-state index contributed by atoms with van der Waals surface area (Å²) in [4.78, 5) is 15.0. The van der Waals surface area contributed by atoms with Crippen molar-refractivity contribution in [3.8, 4) is 0 Å². The van der Waals surface area contributed by atoms with Crippen LogP contribution in [0.3, 0.4) is 0 Å². The van der Waals surface area contributed by atoms with Crippen molar-refractivity contribution in [2.24, 2.45) is 0 Å². The summed E-state index contributed by atoms with van der Waals surface area (Å²) in [6.07, 6.45) is 0. The summed E-state index contributed by atoms with van der Waals surface area (Å²) in [6.45, 7) is 4.21. The summed E-state index contributed by atoms with van der Waals surface area (Å²) in [7, 11) is 0. The maximum Gasteiger partial charge on any atom is 0.354 e. The molecule has 0 amide bonds. The number of H-pyrrole nitrogens is 1. The van der Waals surface area contributed by atoms with E-state index in [1.807, 2.05) is 24.4 Å². The highest BCUT2D eigenvalue weighted by Gasteiger charge is 2.13. The molecule has 0 atom stereocenters. The molecule has 0 spiro atoms. The summed E-state index contributed by atoms with van der Waals surface area (Å²) >= 11 is 3.25. The van der Waals surface area contributed by atoms with Crippen LogP contribution in [-0.4, -0.2) is 17.6 Å². The van der Waals surface area contributed by atoms with Crippen molar-refractivity contribution in [2.45, 2.75) is 18.1 Å². The predicted octanol–water partition coefficient (Wildman–Crippen LogP) is 4.83. The summed E-state index contributed by atoms with van der Waals surface area (Å²) in [5.41, 5.74) is 3.49. The topological polar surface area (TPSA) is 54.1 Å². The second kappa shape index (κ2) is 6.46. The molecule has 6 heteroatoms. The lowest BCUT2D eigenvalue weighted by atomic mass is 10.1. The van der Waals surface area contributed by atoms with Gasteiger partial charge in [-0.1, -0.05) is 6.07 Å². The number of nitrogens with one attached hydrogen (secondary N) is 2. The average Bonchev–Trinajstić information content (AvgIpc) is 3.13. The lowest BCUT2D eigenvalue weighted by molar-refractivity contribution is 0.0520. The average molecular weight is 332 g/mol. The minimum atomic E-state index is -0.326. The Morgan fingerprint density at radius 2 is 2.27 bits per heavy atom. The number of benzene rings is 1. The molecule has 0 bridgehead atoms. The number of esters is 1. The third-order valence-electron chi connectivity index (χ3n) is 3.12. The molecule has 2 aromatic heterocycles. The van der Waals surface area contributed by atoms with E-state index in [2.05, 4.69) is 27.9 Å². The van der Waals surface area contributed by atoms with Gasteiger partial charge in [-0.25, -0.2) is 4.79 Å². The zero-order valence-corrected chi connectivity index (χ0v) is 13.9. The number of thiophene rings is 1. The van der Waals surface area contributed by atoms with E-state index in [4.69, 9.17) is 4.74 Å². The van der Waals surface area contributed by atoms with Crippen molar-refractivity contribution in [3.05, 3.63) is 47.0 Å². The quantitative estimate of drug-likeness (QED) is 0.519. The molecule has 0 aliphatic rings. The standard InChI is InChI=1S/C16H16N2O2S2/c1-3-20-16(19)13-9-11-7-10(2)8-12(15(11)17-13)18-22-14-5-4-6-21-14/h4-9,17-18H,3H2,1-2H3. The first-order valence-electron chi connectivity index (χ1n) is 6.94. The summed E-state index contributed by atoms with van der Waals surface area (Å²) in [5, 5.41) is 3.04. The monoisotopic (exact) mass is 332 g/mol. The van der Waals surface area contributed by atoms with Crippen LogP contribution in [0, 0.1) is 6.92 Å². The van der Waals surface area contributed by atoms with Crippen LogP contribution < -0.4 is 4.72 Å². The van der Waals surface area contributed by atoms with E-state index in [9.17, 15) is 4.79 Å². The molecule has 4 nitrogen and oxygen atoms in total. The zero-order valence-electron chi connectivity index (χ0n) is 12.3. The van der Waals surface area contributed by atoms with Gasteiger partial charge in [0.15, 0.2) is 0 Å². The van der Waals surface area contributed by atoms with Crippen LogP contribution in [-0.2, 0) is 4.74 Å². The lowest BCUT2D eigenvalue weighted by Gasteiger charge is -2.07. The van der Waals surface area contributed by atoms with Gasteiger partial charge in [-0.2, -0.15) is 0 Å². The van der Waals surface area contributed by atoms with Gasteiger partial charge in [-0.15, -0.1) is 11.3 Å². The van der Waals surface area contributed by atoms with Gasteiger partial charge in [0, 0.05) is 5.39 Å². The molecule has 3 aromatic rings. The van der Waals surface area contributed by atoms with Crippen LogP contribution in [0.4, 0.5) is 5.69 Å². The third kappa shape index (κ3) is 3.13. The van der Waals surface area contributed by atoms with Crippen LogP contribution in [0.25, 0.3) is 10.9 Å². The fourth-order valence-electron chi connectivity index (χ4n) is 2.22. The Balaban J connectivity index is 1.92. The van der Waals surface area contributed by atoms with Crippen molar-refractivity contribution in [3.63, 3.8) is 0 Å². The summed E-state index contributed by atoms with van der Waals surface area (Å²) in [6, 6.07) is 10.0. The molecule has 0 fully saturated rings. The Morgan fingerprint density at radius 3 is 3.00 bits per heavy atom. The second-order valence-electron chi connectivity index (χ2n) is 4.82. The SMILES string of the molecule is CCOC(=O)c1cc2cc(C)cc(NSc3cccs3)c2[nH]1. The number of rotatable bonds is 5. The maximum atomic E-state index is 11.9. The number of hydrogen-bond donors (Lipinski definition) is 2. The number of fused-ring (bicyclic) bond motifs is 1. The van der Waals surface area contributed by atoms with Crippen molar-refractivity contribution in [2.75, 3.05) is 11.3 Å². The molecule has 0 unspecified atom stereocenters. The fourth-order valence-corrected chi connectivity index (χ4v) is 3.67. The van der Waals surface area contributed by atoms with Crippen LogP contribution in [0.2, 0.25) is 0 Å². The Hall–Kier alpha value is -1.92. The van der Waals surface area contributed by atoms with Gasteiger partial charge in [0.1, 0.15) is 5.69 Å². The Bertz CT molecular complexity index is 794. The Morgan fingerprint density at radius 1 is 1.41 bits per heavy atom. The van der Waals surface area contributed by atoms with E-state index in [1.54, 1.807) is 30.2 Å². The van der Waals surface area contributed by atoms with Crippen molar-refractivity contribution in [1.29, 1.82) is 0 Å². The predicted molar refractivity (Wildman–Crippen MR) is 92.8 cm³/mol. The van der Waals surface area contributed by atoms with E-state index >= 15 is 0 Å². The number of carbonyl (C=O) groups excluding carboxylic acids is 1. The highest BCUT2D eigenvalue weighted by Crippen LogP contribution is 2.31. The molecule has 3 rings (SSSR count). The molecular formula is C16H16N2O2S2. The Labute approximate surface area is 137 Å². The first kappa shape index (κ1) is 15.0. The number of carbonyl (C=O) groups is 1. The van der Waals surface area contributed by atoms with Crippen molar-refractivity contribution < 1.29 is 9.53 Å². The van der Waals surface area contributed by atoms with Crippen molar-refractivity contribution >= 4 is 45.8 Å². The molecule has 0 aliphatic heterocycles. The molecule has 1 aromatic carbocycles. The van der Waals surface area contributed by atoms with Crippen LogP contribution >= 0.6 is 23.3 Å². The first-order valence-corrected chi connectivity index (χ1v) is 8.64. The van der Waals surface area contributed by atoms with Crippen molar-refractivity contribution in [1.82, 2.24) is 4.98 Å². The number of hydrogen-bond acceptors (Lipinski definition) is 5. The van der Waals surface area contributed by atoms with Crippen LogP contribution in [0.1, 0.15) is 23.0 Å². The van der Waals surface area contributed by atoms with Gasteiger partial charge in [-0.3, -0.25) is 0 Å². The largest absolute Gasteiger partial charge is 0.461 e. The molecule has 0 aliphatic carbocycles. The molecule has 0 saturated heterocycles. The summed E-state index contributed by atoms with van der Waals surface area (Å²) < 4.78 is 9.60. The van der Waals surface area contributed by atoms with E-state index in [0.717, 1.165) is 22.2 Å². The first-order chi connectivity index (χ1) is 10.7. The second-order valence-corrected chi connectivity index (χ2v) is 6.87. The molecule has 0 saturated carbocycles. The van der Waals surface area contributed by atoms with Gasteiger partial charge < -0.3 is 14.4 Å². The Kier molecular flexibility index (Phi) is 4.40. The zero-order chi connectivity index (χ0) is 15.5. The highest BCUT2D eigenvalue weighted by atomic mass is 32.2. The van der Waals surface area contributed by atoms with E-state index in [-0.39, 0.29) is 5.97 Å². The molecular weight excluding hydrogens is 316 g/mol. The summed E-state index contributed by atoms with van der Waals surface area (Å²) in [5.74, 6) is -0.326. The van der Waals surface area contributed by atoms with Crippen LogP contribution in [0.5, 0.6) is 0 Å². The molecule has 2 heterocycles. The van der Waals surface area contributed by atoms with Gasteiger partial charge in [-0.05, 0) is 61.0 Å². The maximum absolute atomic E-state index is 11.9. The fraction of sp³-hybridized carbons (Fsp3) is 0.188.